The molecule has 0 spiro atoms. The maximum absolute atomic E-state index is 4.45. The summed E-state index contributed by atoms with van der Waals surface area (Å²) >= 11 is 1.74. The number of aromatic amines is 1. The largest absolute Gasteiger partial charge is 0.304 e. The second-order valence-corrected chi connectivity index (χ2v) is 8.72. The molecule has 0 amide bonds. The zero-order valence-electron chi connectivity index (χ0n) is 17.2. The van der Waals surface area contributed by atoms with Crippen LogP contribution in [0.15, 0.2) is 77.6 Å². The van der Waals surface area contributed by atoms with Crippen LogP contribution in [0.4, 0.5) is 0 Å². The SMILES string of the molecule is CN1CCN(C(c2ccc(-c3ccsc3)cc2)c2cn[nH]c2-c2ccccc2)CC1. The lowest BCUT2D eigenvalue weighted by Gasteiger charge is -2.38. The van der Waals surface area contributed by atoms with E-state index in [-0.39, 0.29) is 6.04 Å². The lowest BCUT2D eigenvalue weighted by atomic mass is 9.93. The van der Waals surface area contributed by atoms with Crippen LogP contribution in [0.5, 0.6) is 0 Å². The zero-order chi connectivity index (χ0) is 20.3. The van der Waals surface area contributed by atoms with E-state index >= 15 is 0 Å². The quantitative estimate of drug-likeness (QED) is 0.491. The summed E-state index contributed by atoms with van der Waals surface area (Å²) in [6.07, 6.45) is 2.01. The second kappa shape index (κ2) is 8.56. The minimum absolute atomic E-state index is 0.184. The van der Waals surface area contributed by atoms with Crippen molar-refractivity contribution in [2.24, 2.45) is 0 Å². The van der Waals surface area contributed by atoms with Crippen LogP contribution in [0, 0.1) is 0 Å². The highest BCUT2D eigenvalue weighted by Gasteiger charge is 2.28. The van der Waals surface area contributed by atoms with Gasteiger partial charge in [-0.1, -0.05) is 54.6 Å². The molecule has 3 heterocycles. The molecule has 1 aliphatic rings. The van der Waals surface area contributed by atoms with Gasteiger partial charge in [0.15, 0.2) is 0 Å². The smallest absolute Gasteiger partial charge is 0.0701 e. The molecule has 1 N–H and O–H groups in total. The third kappa shape index (κ3) is 3.84. The first kappa shape index (κ1) is 19.2. The van der Waals surface area contributed by atoms with Crippen molar-refractivity contribution < 1.29 is 0 Å². The van der Waals surface area contributed by atoms with Gasteiger partial charge < -0.3 is 4.90 Å². The van der Waals surface area contributed by atoms with Crippen molar-refractivity contribution in [2.75, 3.05) is 33.2 Å². The van der Waals surface area contributed by atoms with Gasteiger partial charge in [-0.2, -0.15) is 16.4 Å². The van der Waals surface area contributed by atoms with Gasteiger partial charge in [0.2, 0.25) is 0 Å². The number of likely N-dealkylation sites (N-methyl/N-ethyl adjacent to an activating group) is 1. The summed E-state index contributed by atoms with van der Waals surface area (Å²) in [6.45, 7) is 4.27. The maximum atomic E-state index is 4.45. The van der Waals surface area contributed by atoms with Crippen LogP contribution in [-0.4, -0.2) is 53.2 Å². The van der Waals surface area contributed by atoms with Crippen LogP contribution < -0.4 is 0 Å². The third-order valence-electron chi connectivity index (χ3n) is 6.01. The molecule has 0 saturated carbocycles. The van der Waals surface area contributed by atoms with Crippen molar-refractivity contribution in [1.82, 2.24) is 20.0 Å². The summed E-state index contributed by atoms with van der Waals surface area (Å²) in [6, 6.07) is 22.0. The maximum Gasteiger partial charge on any atom is 0.0701 e. The van der Waals surface area contributed by atoms with Gasteiger partial charge in [-0.25, -0.2) is 0 Å². The molecule has 1 atom stereocenters. The predicted molar refractivity (Wildman–Crippen MR) is 125 cm³/mol. The van der Waals surface area contributed by atoms with Crippen LogP contribution in [0.2, 0.25) is 0 Å². The number of thiophene rings is 1. The van der Waals surface area contributed by atoms with E-state index in [2.05, 4.69) is 98.5 Å². The number of piperazine rings is 1. The summed E-state index contributed by atoms with van der Waals surface area (Å²) in [4.78, 5) is 5.00. The molecule has 1 saturated heterocycles. The minimum Gasteiger partial charge on any atom is -0.304 e. The van der Waals surface area contributed by atoms with Gasteiger partial charge in [-0.3, -0.25) is 10.00 Å². The van der Waals surface area contributed by atoms with Gasteiger partial charge in [0.05, 0.1) is 17.9 Å². The van der Waals surface area contributed by atoms with E-state index in [0.29, 0.717) is 0 Å². The van der Waals surface area contributed by atoms with Gasteiger partial charge in [0.1, 0.15) is 0 Å². The van der Waals surface area contributed by atoms with Gasteiger partial charge in [0.25, 0.3) is 0 Å². The Morgan fingerprint density at radius 2 is 1.63 bits per heavy atom. The highest BCUT2D eigenvalue weighted by molar-refractivity contribution is 7.08. The Morgan fingerprint density at radius 1 is 0.867 bits per heavy atom. The Labute approximate surface area is 181 Å². The van der Waals surface area contributed by atoms with Crippen LogP contribution in [0.1, 0.15) is 17.2 Å². The van der Waals surface area contributed by atoms with Crippen molar-refractivity contribution in [3.8, 4) is 22.4 Å². The van der Waals surface area contributed by atoms with E-state index in [4.69, 9.17) is 0 Å². The minimum atomic E-state index is 0.184. The molecule has 5 rings (SSSR count). The Morgan fingerprint density at radius 3 is 2.33 bits per heavy atom. The number of benzene rings is 2. The molecule has 4 nitrogen and oxygen atoms in total. The average Bonchev–Trinajstić information content (AvgIpc) is 3.49. The van der Waals surface area contributed by atoms with Crippen LogP contribution >= 0.6 is 11.3 Å². The first-order valence-electron chi connectivity index (χ1n) is 10.4. The monoisotopic (exact) mass is 414 g/mol. The molecule has 1 unspecified atom stereocenters. The number of nitrogens with zero attached hydrogens (tertiary/aromatic N) is 3. The first-order valence-corrected chi connectivity index (χ1v) is 11.4. The normalized spacial score (nSPS) is 16.6. The van der Waals surface area contributed by atoms with Crippen LogP contribution in [0.25, 0.3) is 22.4 Å². The topological polar surface area (TPSA) is 35.2 Å². The van der Waals surface area contributed by atoms with E-state index in [1.54, 1.807) is 11.3 Å². The molecule has 0 radical (unpaired) electrons. The number of hydrogen-bond acceptors (Lipinski definition) is 4. The molecule has 152 valence electrons. The summed E-state index contributed by atoms with van der Waals surface area (Å²) in [5, 5.41) is 12.1. The Kier molecular flexibility index (Phi) is 5.49. The summed E-state index contributed by atoms with van der Waals surface area (Å²) in [5.74, 6) is 0. The van der Waals surface area contributed by atoms with Crippen LogP contribution in [-0.2, 0) is 0 Å². The van der Waals surface area contributed by atoms with Crippen molar-refractivity contribution in [3.63, 3.8) is 0 Å². The number of aromatic nitrogens is 2. The standard InChI is InChI=1S/C25H26N4S/c1-28-12-14-29(15-13-28)25(21-9-7-19(8-10-21)22-11-16-30-18-22)23-17-26-27-24(23)20-5-3-2-4-6-20/h2-11,16-18,25H,12-15H2,1H3,(H,26,27). The van der Waals surface area contributed by atoms with E-state index in [1.807, 2.05) is 6.20 Å². The van der Waals surface area contributed by atoms with Gasteiger partial charge in [-0.15, -0.1) is 0 Å². The fourth-order valence-corrected chi connectivity index (χ4v) is 4.96. The van der Waals surface area contributed by atoms with Crippen molar-refractivity contribution in [2.45, 2.75) is 6.04 Å². The van der Waals surface area contributed by atoms with Crippen molar-refractivity contribution in [1.29, 1.82) is 0 Å². The van der Waals surface area contributed by atoms with Gasteiger partial charge in [0, 0.05) is 31.7 Å². The Balaban J connectivity index is 1.55. The number of rotatable bonds is 5. The molecule has 2 aromatic heterocycles. The number of nitrogens with one attached hydrogen (secondary N) is 1. The zero-order valence-corrected chi connectivity index (χ0v) is 18.0. The lowest BCUT2D eigenvalue weighted by Crippen LogP contribution is -2.46. The van der Waals surface area contributed by atoms with Crippen molar-refractivity contribution in [3.05, 3.63) is 88.7 Å². The molecule has 0 bridgehead atoms. The Bertz CT molecular complexity index is 1060. The summed E-state index contributed by atoms with van der Waals surface area (Å²) in [5.41, 5.74) is 7.41. The molecule has 2 aromatic carbocycles. The molecule has 0 aliphatic carbocycles. The first-order chi connectivity index (χ1) is 14.8. The van der Waals surface area contributed by atoms with Crippen molar-refractivity contribution >= 4 is 11.3 Å². The molecule has 30 heavy (non-hydrogen) atoms. The fourth-order valence-electron chi connectivity index (χ4n) is 4.29. The second-order valence-electron chi connectivity index (χ2n) is 7.94. The van der Waals surface area contributed by atoms with E-state index < -0.39 is 0 Å². The fraction of sp³-hybridized carbons (Fsp3) is 0.240. The lowest BCUT2D eigenvalue weighted by molar-refractivity contribution is 0.127. The number of hydrogen-bond donors (Lipinski definition) is 1. The molecule has 4 aromatic rings. The molecule has 1 fully saturated rings. The van der Waals surface area contributed by atoms with Gasteiger partial charge in [-0.05, 0) is 46.1 Å². The third-order valence-corrected chi connectivity index (χ3v) is 6.69. The molecule has 1 aliphatic heterocycles. The average molecular weight is 415 g/mol. The van der Waals surface area contributed by atoms with E-state index in [0.717, 1.165) is 31.9 Å². The summed E-state index contributed by atoms with van der Waals surface area (Å²) < 4.78 is 0. The molecule has 5 heteroatoms. The summed E-state index contributed by atoms with van der Waals surface area (Å²) in [7, 11) is 2.20. The predicted octanol–water partition coefficient (Wildman–Crippen LogP) is 5.14. The Hall–Kier alpha value is -2.73. The molecular weight excluding hydrogens is 388 g/mol. The number of H-pyrrole nitrogens is 1. The van der Waals surface area contributed by atoms with Crippen LogP contribution in [0.3, 0.4) is 0 Å². The highest BCUT2D eigenvalue weighted by atomic mass is 32.1. The van der Waals surface area contributed by atoms with E-state index in [1.165, 1.54) is 27.8 Å². The van der Waals surface area contributed by atoms with E-state index in [9.17, 15) is 0 Å². The molecular formula is C25H26N4S. The highest BCUT2D eigenvalue weighted by Crippen LogP contribution is 2.36. The van der Waals surface area contributed by atoms with Gasteiger partial charge >= 0.3 is 0 Å².